The Morgan fingerprint density at radius 2 is 2.17 bits per heavy atom. The Bertz CT molecular complexity index is 355. The molecular formula is C12H17F3N2O. The van der Waals surface area contributed by atoms with Gasteiger partial charge in [0, 0.05) is 31.5 Å². The molecule has 1 N–H and O–H groups in total. The first-order valence-electron chi connectivity index (χ1n) is 5.84. The molecule has 1 heterocycles. The third-order valence-corrected chi connectivity index (χ3v) is 2.20. The summed E-state index contributed by atoms with van der Waals surface area (Å²) < 4.78 is 40.8. The summed E-state index contributed by atoms with van der Waals surface area (Å²) in [6, 6.07) is 3.66. The van der Waals surface area contributed by atoms with Gasteiger partial charge in [-0.15, -0.1) is 0 Å². The molecule has 0 aliphatic carbocycles. The summed E-state index contributed by atoms with van der Waals surface area (Å²) in [7, 11) is 0. The maximum atomic E-state index is 11.9. The second kappa shape index (κ2) is 7.20. The molecule has 0 spiro atoms. The van der Waals surface area contributed by atoms with Gasteiger partial charge in [0.25, 0.3) is 0 Å². The van der Waals surface area contributed by atoms with Gasteiger partial charge in [0.15, 0.2) is 0 Å². The second-order valence-electron chi connectivity index (χ2n) is 3.84. The number of anilines is 1. The van der Waals surface area contributed by atoms with E-state index in [1.807, 2.05) is 19.1 Å². The smallest absolute Gasteiger partial charge is 0.385 e. The van der Waals surface area contributed by atoms with Gasteiger partial charge in [-0.25, -0.2) is 0 Å². The number of hydrogen-bond acceptors (Lipinski definition) is 3. The SMILES string of the molecule is CCNc1ccnc(COCCCC(F)(F)F)c1. The van der Waals surface area contributed by atoms with Gasteiger partial charge in [-0.1, -0.05) is 0 Å². The van der Waals surface area contributed by atoms with Gasteiger partial charge in [-0.3, -0.25) is 4.98 Å². The van der Waals surface area contributed by atoms with Gasteiger partial charge < -0.3 is 10.1 Å². The van der Waals surface area contributed by atoms with Crippen molar-refractivity contribution in [1.82, 2.24) is 4.98 Å². The first-order valence-corrected chi connectivity index (χ1v) is 5.84. The minimum atomic E-state index is -4.10. The molecule has 0 atom stereocenters. The van der Waals surface area contributed by atoms with Crippen molar-refractivity contribution >= 4 is 5.69 Å². The molecule has 0 fully saturated rings. The monoisotopic (exact) mass is 262 g/mol. The molecule has 0 radical (unpaired) electrons. The third-order valence-electron chi connectivity index (χ3n) is 2.20. The number of halogens is 3. The molecule has 1 aromatic rings. The fourth-order valence-electron chi connectivity index (χ4n) is 1.42. The summed E-state index contributed by atoms with van der Waals surface area (Å²) in [6.07, 6.45) is -3.28. The predicted molar refractivity (Wildman–Crippen MR) is 63.3 cm³/mol. The van der Waals surface area contributed by atoms with Crippen LogP contribution in [0.25, 0.3) is 0 Å². The minimum absolute atomic E-state index is 0.0175. The van der Waals surface area contributed by atoms with Gasteiger partial charge in [0.05, 0.1) is 12.3 Å². The van der Waals surface area contributed by atoms with Crippen molar-refractivity contribution in [2.75, 3.05) is 18.5 Å². The van der Waals surface area contributed by atoms with E-state index in [9.17, 15) is 13.2 Å². The largest absolute Gasteiger partial charge is 0.389 e. The average Bonchev–Trinajstić information content (AvgIpc) is 2.28. The zero-order chi connectivity index (χ0) is 13.4. The van der Waals surface area contributed by atoms with Crippen LogP contribution in [0.1, 0.15) is 25.5 Å². The lowest BCUT2D eigenvalue weighted by Gasteiger charge is -2.08. The second-order valence-corrected chi connectivity index (χ2v) is 3.84. The molecule has 1 aromatic heterocycles. The first kappa shape index (κ1) is 14.8. The summed E-state index contributed by atoms with van der Waals surface area (Å²) in [5, 5.41) is 3.13. The molecule has 18 heavy (non-hydrogen) atoms. The summed E-state index contributed by atoms with van der Waals surface area (Å²) in [4.78, 5) is 4.08. The molecule has 0 saturated heterocycles. The maximum Gasteiger partial charge on any atom is 0.389 e. The molecule has 0 amide bonds. The number of aromatic nitrogens is 1. The molecular weight excluding hydrogens is 245 g/mol. The van der Waals surface area contributed by atoms with Crippen LogP contribution >= 0.6 is 0 Å². The van der Waals surface area contributed by atoms with Crippen LogP contribution in [0.5, 0.6) is 0 Å². The van der Waals surface area contributed by atoms with E-state index in [0.29, 0.717) is 5.69 Å². The van der Waals surface area contributed by atoms with Gasteiger partial charge in [0.2, 0.25) is 0 Å². The molecule has 102 valence electrons. The van der Waals surface area contributed by atoms with Gasteiger partial charge in [-0.2, -0.15) is 13.2 Å². The van der Waals surface area contributed by atoms with Crippen LogP contribution in [-0.4, -0.2) is 24.3 Å². The number of ether oxygens (including phenoxy) is 1. The normalized spacial score (nSPS) is 11.6. The van der Waals surface area contributed by atoms with E-state index >= 15 is 0 Å². The molecule has 6 heteroatoms. The van der Waals surface area contributed by atoms with E-state index in [1.165, 1.54) is 0 Å². The maximum absolute atomic E-state index is 11.9. The summed E-state index contributed by atoms with van der Waals surface area (Å²) in [5.41, 5.74) is 1.64. The lowest BCUT2D eigenvalue weighted by molar-refractivity contribution is -0.138. The summed E-state index contributed by atoms with van der Waals surface area (Å²) in [5.74, 6) is 0. The van der Waals surface area contributed by atoms with Crippen molar-refractivity contribution < 1.29 is 17.9 Å². The highest BCUT2D eigenvalue weighted by molar-refractivity contribution is 5.42. The Morgan fingerprint density at radius 3 is 2.83 bits per heavy atom. The van der Waals surface area contributed by atoms with Crippen molar-refractivity contribution in [3.63, 3.8) is 0 Å². The molecule has 0 unspecified atom stereocenters. The van der Waals surface area contributed by atoms with Crippen LogP contribution in [0, 0.1) is 0 Å². The third kappa shape index (κ3) is 6.44. The average molecular weight is 262 g/mol. The quantitative estimate of drug-likeness (QED) is 0.765. The fraction of sp³-hybridized carbons (Fsp3) is 0.583. The lowest BCUT2D eigenvalue weighted by Crippen LogP contribution is -2.09. The van der Waals surface area contributed by atoms with E-state index in [4.69, 9.17) is 4.74 Å². The zero-order valence-electron chi connectivity index (χ0n) is 10.3. The Balaban J connectivity index is 2.24. The standard InChI is InChI=1S/C12H17F3N2O/c1-2-16-10-4-6-17-11(8-10)9-18-7-3-5-12(13,14)15/h4,6,8H,2-3,5,7,9H2,1H3,(H,16,17). The van der Waals surface area contributed by atoms with E-state index < -0.39 is 12.6 Å². The Labute approximate surface area is 104 Å². The molecule has 0 aliphatic heterocycles. The van der Waals surface area contributed by atoms with Gasteiger partial charge in [0.1, 0.15) is 0 Å². The zero-order valence-corrected chi connectivity index (χ0v) is 10.3. The highest BCUT2D eigenvalue weighted by atomic mass is 19.4. The van der Waals surface area contributed by atoms with Crippen LogP contribution in [0.15, 0.2) is 18.3 Å². The molecule has 3 nitrogen and oxygen atoms in total. The van der Waals surface area contributed by atoms with Gasteiger partial charge in [-0.05, 0) is 25.5 Å². The van der Waals surface area contributed by atoms with Crippen LogP contribution in [0.4, 0.5) is 18.9 Å². The van der Waals surface area contributed by atoms with Crippen LogP contribution in [0.3, 0.4) is 0 Å². The van der Waals surface area contributed by atoms with E-state index in [-0.39, 0.29) is 19.6 Å². The van der Waals surface area contributed by atoms with E-state index in [0.717, 1.165) is 12.2 Å². The molecule has 0 aliphatic rings. The fourth-order valence-corrected chi connectivity index (χ4v) is 1.42. The number of alkyl halides is 3. The number of rotatable bonds is 7. The molecule has 0 bridgehead atoms. The number of hydrogen-bond donors (Lipinski definition) is 1. The van der Waals surface area contributed by atoms with Crippen LogP contribution < -0.4 is 5.32 Å². The summed E-state index contributed by atoms with van der Waals surface area (Å²) >= 11 is 0. The van der Waals surface area contributed by atoms with Crippen molar-refractivity contribution in [3.05, 3.63) is 24.0 Å². The number of nitrogens with zero attached hydrogens (tertiary/aromatic N) is 1. The number of pyridine rings is 1. The Hall–Kier alpha value is -1.30. The van der Waals surface area contributed by atoms with Crippen molar-refractivity contribution in [1.29, 1.82) is 0 Å². The Morgan fingerprint density at radius 1 is 1.39 bits per heavy atom. The van der Waals surface area contributed by atoms with Crippen molar-refractivity contribution in [3.8, 4) is 0 Å². The number of nitrogens with one attached hydrogen (secondary N) is 1. The highest BCUT2D eigenvalue weighted by Crippen LogP contribution is 2.21. The Kier molecular flexibility index (Phi) is 5.91. The van der Waals surface area contributed by atoms with Crippen molar-refractivity contribution in [2.45, 2.75) is 32.5 Å². The minimum Gasteiger partial charge on any atom is -0.385 e. The molecule has 0 saturated carbocycles. The topological polar surface area (TPSA) is 34.2 Å². The molecule has 0 aromatic carbocycles. The van der Waals surface area contributed by atoms with E-state index in [2.05, 4.69) is 10.3 Å². The molecule has 1 rings (SSSR count). The van der Waals surface area contributed by atoms with Crippen molar-refractivity contribution in [2.24, 2.45) is 0 Å². The van der Waals surface area contributed by atoms with Crippen LogP contribution in [-0.2, 0) is 11.3 Å². The summed E-state index contributed by atoms with van der Waals surface area (Å²) in [6.45, 7) is 3.10. The lowest BCUT2D eigenvalue weighted by atomic mass is 10.3. The van der Waals surface area contributed by atoms with E-state index in [1.54, 1.807) is 6.20 Å². The van der Waals surface area contributed by atoms with Crippen LogP contribution in [0.2, 0.25) is 0 Å². The first-order chi connectivity index (χ1) is 8.51. The van der Waals surface area contributed by atoms with Gasteiger partial charge >= 0.3 is 6.18 Å². The predicted octanol–water partition coefficient (Wildman–Crippen LogP) is 3.37. The highest BCUT2D eigenvalue weighted by Gasteiger charge is 2.25.